The van der Waals surface area contributed by atoms with Crippen LogP contribution in [0.25, 0.3) is 5.69 Å². The Bertz CT molecular complexity index is 1120. The molecule has 2 heterocycles. The minimum atomic E-state index is -0.213. The fourth-order valence-corrected chi connectivity index (χ4v) is 3.90. The summed E-state index contributed by atoms with van der Waals surface area (Å²) in [6.07, 6.45) is 1.97. The van der Waals surface area contributed by atoms with E-state index in [1.165, 1.54) is 0 Å². The van der Waals surface area contributed by atoms with E-state index >= 15 is 0 Å². The monoisotopic (exact) mass is 422 g/mol. The molecule has 1 aromatic heterocycles. The molecule has 154 valence electrons. The van der Waals surface area contributed by atoms with Gasteiger partial charge in [-0.15, -0.1) is 10.2 Å². The van der Waals surface area contributed by atoms with Crippen LogP contribution in [0.5, 0.6) is 5.75 Å². The van der Waals surface area contributed by atoms with Crippen LogP contribution in [0.15, 0.2) is 47.5 Å². The first kappa shape index (κ1) is 20.3. The Morgan fingerprint density at radius 1 is 1.17 bits per heavy atom. The summed E-state index contributed by atoms with van der Waals surface area (Å²) in [5, 5.41) is 9.43. The number of fused-ring (bicyclic) bond motifs is 3. The summed E-state index contributed by atoms with van der Waals surface area (Å²) >= 11 is 6.12. The zero-order valence-electron chi connectivity index (χ0n) is 17.2. The van der Waals surface area contributed by atoms with Crippen LogP contribution < -0.4 is 4.74 Å². The lowest BCUT2D eigenvalue weighted by Crippen LogP contribution is -2.08. The molecule has 0 amide bonds. The minimum Gasteiger partial charge on any atom is -0.497 e. The molecule has 0 bridgehead atoms. The second kappa shape index (κ2) is 8.40. The molecule has 1 aliphatic rings. The van der Waals surface area contributed by atoms with Gasteiger partial charge in [-0.2, -0.15) is 0 Å². The number of halogens is 1. The first-order valence-corrected chi connectivity index (χ1v) is 10.3. The predicted molar refractivity (Wildman–Crippen MR) is 117 cm³/mol. The number of carbonyl (C=O) groups is 1. The maximum atomic E-state index is 11.5. The number of hydrogen-bond donors (Lipinski definition) is 0. The zero-order valence-corrected chi connectivity index (χ0v) is 18.0. The molecule has 1 aliphatic heterocycles. The lowest BCUT2D eigenvalue weighted by atomic mass is 10.00. The molecular formula is C23H23ClN4O2. The number of ketones is 1. The van der Waals surface area contributed by atoms with E-state index in [1.54, 1.807) is 14.0 Å². The fraction of sp³-hybridized carbons (Fsp3) is 0.304. The average molecular weight is 423 g/mol. The van der Waals surface area contributed by atoms with Gasteiger partial charge in [0.2, 0.25) is 0 Å². The van der Waals surface area contributed by atoms with Crippen LogP contribution >= 0.6 is 11.6 Å². The third-order valence-electron chi connectivity index (χ3n) is 5.26. The molecule has 1 atom stereocenters. The Balaban J connectivity index is 1.91. The highest BCUT2D eigenvalue weighted by Crippen LogP contribution is 2.35. The van der Waals surface area contributed by atoms with Gasteiger partial charge in [-0.05, 0) is 57.0 Å². The number of aliphatic imine (C=N–C) groups is 1. The van der Waals surface area contributed by atoms with Crippen molar-refractivity contribution in [2.75, 3.05) is 7.11 Å². The molecule has 0 saturated heterocycles. The summed E-state index contributed by atoms with van der Waals surface area (Å²) in [4.78, 5) is 16.6. The molecule has 0 saturated carbocycles. The quantitative estimate of drug-likeness (QED) is 0.567. The van der Waals surface area contributed by atoms with E-state index in [4.69, 9.17) is 21.3 Å². The third kappa shape index (κ3) is 3.87. The lowest BCUT2D eigenvalue weighted by Gasteiger charge is -2.14. The molecule has 1 unspecified atom stereocenters. The van der Waals surface area contributed by atoms with Crippen LogP contribution in [-0.2, 0) is 4.79 Å². The standard InChI is InChI=1S/C23H23ClN4O2/c1-14(29)5-4-6-20-23-27-26-15(2)28(23)21-12-11-18(30-3)13-19(21)22(25-20)16-7-9-17(24)10-8-16/h7-13,20H,4-6H2,1-3H3. The molecule has 2 aromatic carbocycles. The minimum absolute atomic E-state index is 0.177. The van der Waals surface area contributed by atoms with Crippen molar-refractivity contribution < 1.29 is 9.53 Å². The Kier molecular flexibility index (Phi) is 5.68. The lowest BCUT2D eigenvalue weighted by molar-refractivity contribution is -0.117. The van der Waals surface area contributed by atoms with Crippen molar-refractivity contribution in [2.45, 2.75) is 39.2 Å². The van der Waals surface area contributed by atoms with E-state index in [0.717, 1.165) is 46.3 Å². The van der Waals surface area contributed by atoms with Gasteiger partial charge in [-0.3, -0.25) is 9.56 Å². The number of Topliss-reactive ketones (excluding diaryl/α,β-unsaturated/α-hetero) is 1. The molecule has 6 nitrogen and oxygen atoms in total. The molecule has 0 spiro atoms. The van der Waals surface area contributed by atoms with Gasteiger partial charge in [0, 0.05) is 22.6 Å². The average Bonchev–Trinajstić information content (AvgIpc) is 3.05. The molecule has 0 fully saturated rings. The molecule has 4 rings (SSSR count). The van der Waals surface area contributed by atoms with Gasteiger partial charge in [-0.25, -0.2) is 0 Å². The third-order valence-corrected chi connectivity index (χ3v) is 5.51. The summed E-state index contributed by atoms with van der Waals surface area (Å²) in [5.41, 5.74) is 3.70. The summed E-state index contributed by atoms with van der Waals surface area (Å²) in [6, 6.07) is 13.4. The van der Waals surface area contributed by atoms with Crippen molar-refractivity contribution in [1.82, 2.24) is 14.8 Å². The van der Waals surface area contributed by atoms with Crippen LogP contribution in [0.3, 0.4) is 0 Å². The van der Waals surface area contributed by atoms with E-state index in [0.29, 0.717) is 17.9 Å². The van der Waals surface area contributed by atoms with E-state index in [-0.39, 0.29) is 11.8 Å². The number of aromatic nitrogens is 3. The van der Waals surface area contributed by atoms with E-state index in [9.17, 15) is 4.79 Å². The Hall–Kier alpha value is -2.99. The molecule has 0 N–H and O–H groups in total. The van der Waals surface area contributed by atoms with E-state index in [2.05, 4.69) is 14.8 Å². The van der Waals surface area contributed by atoms with Gasteiger partial charge >= 0.3 is 0 Å². The van der Waals surface area contributed by atoms with Crippen molar-refractivity contribution in [3.8, 4) is 11.4 Å². The number of nitrogens with zero attached hydrogens (tertiary/aromatic N) is 4. The van der Waals surface area contributed by atoms with Crippen LogP contribution in [0.4, 0.5) is 0 Å². The summed E-state index contributed by atoms with van der Waals surface area (Å²) in [5.74, 6) is 2.50. The van der Waals surface area contributed by atoms with Crippen LogP contribution in [0.2, 0.25) is 5.02 Å². The number of benzene rings is 2. The number of methoxy groups -OCH3 is 1. The fourth-order valence-electron chi connectivity index (χ4n) is 3.78. The Labute approximate surface area is 180 Å². The predicted octanol–water partition coefficient (Wildman–Crippen LogP) is 4.89. The highest BCUT2D eigenvalue weighted by molar-refractivity contribution is 6.30. The SMILES string of the molecule is COc1ccc2c(c1)C(c1ccc(Cl)cc1)=NC(CCCC(C)=O)c1nnc(C)n1-2. The molecule has 0 radical (unpaired) electrons. The maximum Gasteiger partial charge on any atom is 0.162 e. The summed E-state index contributed by atoms with van der Waals surface area (Å²) in [7, 11) is 1.65. The second-order valence-electron chi connectivity index (χ2n) is 7.42. The highest BCUT2D eigenvalue weighted by atomic mass is 35.5. The second-order valence-corrected chi connectivity index (χ2v) is 7.85. The number of rotatable bonds is 6. The largest absolute Gasteiger partial charge is 0.497 e. The topological polar surface area (TPSA) is 69.4 Å². The normalized spacial score (nSPS) is 15.1. The van der Waals surface area contributed by atoms with Crippen molar-refractivity contribution in [1.29, 1.82) is 0 Å². The maximum absolute atomic E-state index is 11.5. The van der Waals surface area contributed by atoms with Crippen LogP contribution in [0, 0.1) is 6.92 Å². The molecule has 0 aliphatic carbocycles. The van der Waals surface area contributed by atoms with Gasteiger partial charge in [0.1, 0.15) is 23.4 Å². The first-order valence-electron chi connectivity index (χ1n) is 9.92. The van der Waals surface area contributed by atoms with Gasteiger partial charge in [0.25, 0.3) is 0 Å². The number of aryl methyl sites for hydroxylation is 1. The molecule has 7 heteroatoms. The zero-order chi connectivity index (χ0) is 21.3. The summed E-state index contributed by atoms with van der Waals surface area (Å²) < 4.78 is 7.54. The highest BCUT2D eigenvalue weighted by Gasteiger charge is 2.28. The van der Waals surface area contributed by atoms with Gasteiger partial charge < -0.3 is 9.53 Å². The molecule has 3 aromatic rings. The Morgan fingerprint density at radius 2 is 1.93 bits per heavy atom. The number of ether oxygens (including phenoxy) is 1. The van der Waals surface area contributed by atoms with Gasteiger partial charge in [0.15, 0.2) is 5.82 Å². The van der Waals surface area contributed by atoms with Crippen molar-refractivity contribution in [2.24, 2.45) is 4.99 Å². The van der Waals surface area contributed by atoms with Gasteiger partial charge in [0.05, 0.1) is 18.5 Å². The molecular weight excluding hydrogens is 400 g/mol. The van der Waals surface area contributed by atoms with Crippen molar-refractivity contribution >= 4 is 23.1 Å². The number of hydrogen-bond acceptors (Lipinski definition) is 5. The van der Waals surface area contributed by atoms with Crippen LogP contribution in [0.1, 0.15) is 55.0 Å². The Morgan fingerprint density at radius 3 is 2.63 bits per heavy atom. The van der Waals surface area contributed by atoms with E-state index in [1.807, 2.05) is 49.4 Å². The van der Waals surface area contributed by atoms with Crippen LogP contribution in [-0.4, -0.2) is 33.4 Å². The first-order chi connectivity index (χ1) is 14.5. The number of carbonyl (C=O) groups excluding carboxylic acids is 1. The van der Waals surface area contributed by atoms with E-state index < -0.39 is 0 Å². The van der Waals surface area contributed by atoms with Gasteiger partial charge in [-0.1, -0.05) is 23.7 Å². The molecule has 30 heavy (non-hydrogen) atoms. The smallest absolute Gasteiger partial charge is 0.162 e. The van der Waals surface area contributed by atoms with Crippen molar-refractivity contribution in [3.63, 3.8) is 0 Å². The summed E-state index contributed by atoms with van der Waals surface area (Å²) in [6.45, 7) is 3.55. The van der Waals surface area contributed by atoms with Crippen molar-refractivity contribution in [3.05, 3.63) is 70.3 Å².